The number of hydrogen-bond acceptors (Lipinski definition) is 5. The van der Waals surface area contributed by atoms with E-state index in [1.165, 1.54) is 12.1 Å². The Morgan fingerprint density at radius 1 is 1.35 bits per heavy atom. The molecule has 17 heavy (non-hydrogen) atoms. The van der Waals surface area contributed by atoms with E-state index in [2.05, 4.69) is 5.16 Å². The van der Waals surface area contributed by atoms with Crippen LogP contribution in [0, 0.1) is 10.1 Å². The third kappa shape index (κ3) is 2.01. The number of carbonyl (C=O) groups excluding carboxylic acids is 1. The van der Waals surface area contributed by atoms with E-state index >= 15 is 0 Å². The second-order valence-corrected chi connectivity index (χ2v) is 3.83. The average Bonchev–Trinajstić information content (AvgIpc) is 2.48. The number of oxime groups is 1. The number of non-ortho nitro benzene ring substituents is 1. The Hall–Kier alpha value is -2.24. The van der Waals surface area contributed by atoms with Gasteiger partial charge in [-0.25, -0.2) is 0 Å². The topological polar surface area (TPSA) is 92.8 Å². The van der Waals surface area contributed by atoms with Gasteiger partial charge >= 0.3 is 0 Å². The maximum Gasteiger partial charge on any atom is 0.270 e. The Kier molecular flexibility index (Phi) is 2.86. The zero-order valence-corrected chi connectivity index (χ0v) is 8.92. The highest BCUT2D eigenvalue weighted by atomic mass is 16.6. The number of benzene rings is 1. The minimum absolute atomic E-state index is 0.0595. The van der Waals surface area contributed by atoms with Gasteiger partial charge in [0.2, 0.25) is 5.78 Å². The number of carbonyl (C=O) groups is 1. The quantitative estimate of drug-likeness (QED) is 0.348. The second-order valence-electron chi connectivity index (χ2n) is 3.83. The Balaban J connectivity index is 2.54. The molecular weight excluding hydrogens is 224 g/mol. The third-order valence-electron chi connectivity index (χ3n) is 2.79. The smallest absolute Gasteiger partial charge is 0.270 e. The van der Waals surface area contributed by atoms with Gasteiger partial charge in [0.05, 0.1) is 4.92 Å². The summed E-state index contributed by atoms with van der Waals surface area (Å²) >= 11 is 0. The van der Waals surface area contributed by atoms with Crippen LogP contribution in [0.25, 0.3) is 0 Å². The van der Waals surface area contributed by atoms with Crippen molar-refractivity contribution in [3.05, 3.63) is 39.4 Å². The van der Waals surface area contributed by atoms with Crippen LogP contribution in [-0.2, 0) is 6.42 Å². The summed E-state index contributed by atoms with van der Waals surface area (Å²) in [6.07, 6.45) is 1.73. The molecule has 1 aromatic rings. The first-order valence-electron chi connectivity index (χ1n) is 5.16. The summed E-state index contributed by atoms with van der Waals surface area (Å²) in [5.41, 5.74) is 0.962. The van der Waals surface area contributed by atoms with Crippen molar-refractivity contribution in [2.24, 2.45) is 5.16 Å². The molecule has 6 heteroatoms. The van der Waals surface area contributed by atoms with Gasteiger partial charge in [-0.2, -0.15) is 0 Å². The van der Waals surface area contributed by atoms with E-state index in [9.17, 15) is 14.9 Å². The molecule has 1 aromatic carbocycles. The molecule has 2 rings (SSSR count). The lowest BCUT2D eigenvalue weighted by atomic mass is 10.0. The van der Waals surface area contributed by atoms with Crippen molar-refractivity contribution in [1.82, 2.24) is 0 Å². The van der Waals surface area contributed by atoms with Gasteiger partial charge in [0.1, 0.15) is 5.71 Å². The van der Waals surface area contributed by atoms with Crippen molar-refractivity contribution in [2.75, 3.05) is 0 Å². The summed E-state index contributed by atoms with van der Waals surface area (Å²) in [6, 6.07) is 4.22. The van der Waals surface area contributed by atoms with Crippen molar-refractivity contribution in [3.63, 3.8) is 0 Å². The molecule has 0 fully saturated rings. The first-order chi connectivity index (χ1) is 8.13. The van der Waals surface area contributed by atoms with Crippen molar-refractivity contribution in [3.8, 4) is 0 Å². The molecule has 0 saturated heterocycles. The summed E-state index contributed by atoms with van der Waals surface area (Å²) in [4.78, 5) is 22.0. The molecule has 1 N–H and O–H groups in total. The van der Waals surface area contributed by atoms with Gasteiger partial charge in [0, 0.05) is 17.7 Å². The van der Waals surface area contributed by atoms with Crippen LogP contribution in [0.5, 0.6) is 0 Å². The Labute approximate surface area is 96.7 Å². The van der Waals surface area contributed by atoms with Crippen LogP contribution in [0.1, 0.15) is 28.8 Å². The number of nitrogens with zero attached hydrogens (tertiary/aromatic N) is 2. The number of fused-ring (bicyclic) bond motifs is 1. The largest absolute Gasteiger partial charge is 0.411 e. The average molecular weight is 234 g/mol. The van der Waals surface area contributed by atoms with Gasteiger partial charge in [-0.3, -0.25) is 14.9 Å². The minimum Gasteiger partial charge on any atom is -0.411 e. The summed E-state index contributed by atoms with van der Waals surface area (Å²) in [6.45, 7) is 0. The van der Waals surface area contributed by atoms with Gasteiger partial charge in [-0.1, -0.05) is 11.2 Å². The number of hydrogen-bond donors (Lipinski definition) is 1. The zero-order valence-electron chi connectivity index (χ0n) is 8.92. The highest BCUT2D eigenvalue weighted by Crippen LogP contribution is 2.23. The molecule has 0 atom stereocenters. The molecule has 0 amide bonds. The number of Topliss-reactive ketones (excluding diaryl/α,β-unsaturated/α-hetero) is 1. The highest BCUT2D eigenvalue weighted by Gasteiger charge is 2.24. The van der Waals surface area contributed by atoms with E-state index in [-0.39, 0.29) is 17.0 Å². The standard InChI is InChI=1S/C11H10N2O4/c14-11-9-6-8(13(16)17)5-4-7(9)2-1-3-10(11)12-15/h4-6,15H,1-3H2/b12-10+. The van der Waals surface area contributed by atoms with E-state index in [4.69, 9.17) is 5.21 Å². The van der Waals surface area contributed by atoms with Gasteiger partial charge in [-0.05, 0) is 24.8 Å². The minimum atomic E-state index is -0.547. The fourth-order valence-corrected chi connectivity index (χ4v) is 1.92. The van der Waals surface area contributed by atoms with Crippen LogP contribution in [0.3, 0.4) is 0 Å². The Bertz CT molecular complexity index is 522. The molecule has 0 bridgehead atoms. The van der Waals surface area contributed by atoms with E-state index < -0.39 is 10.7 Å². The van der Waals surface area contributed by atoms with E-state index in [1.807, 2.05) is 0 Å². The van der Waals surface area contributed by atoms with Crippen molar-refractivity contribution >= 4 is 17.2 Å². The van der Waals surface area contributed by atoms with Gasteiger partial charge in [0.25, 0.3) is 5.69 Å². The van der Waals surface area contributed by atoms with Gasteiger partial charge < -0.3 is 5.21 Å². The highest BCUT2D eigenvalue weighted by molar-refractivity contribution is 6.46. The van der Waals surface area contributed by atoms with E-state index in [1.54, 1.807) is 6.07 Å². The lowest BCUT2D eigenvalue weighted by Crippen LogP contribution is -2.13. The molecule has 0 unspecified atom stereocenters. The number of nitro benzene ring substituents is 1. The van der Waals surface area contributed by atoms with Crippen LogP contribution in [0.4, 0.5) is 5.69 Å². The SMILES string of the molecule is O=C1/C(=N/O)CCCc2ccc([N+](=O)[O-])cc21. The molecule has 0 spiro atoms. The van der Waals surface area contributed by atoms with Crippen molar-refractivity contribution in [1.29, 1.82) is 0 Å². The second kappa shape index (κ2) is 4.32. The lowest BCUT2D eigenvalue weighted by molar-refractivity contribution is -0.384. The molecule has 6 nitrogen and oxygen atoms in total. The maximum absolute atomic E-state index is 11.9. The predicted molar refractivity (Wildman–Crippen MR) is 59.6 cm³/mol. The molecule has 88 valence electrons. The normalized spacial score (nSPS) is 17.6. The number of ketones is 1. The van der Waals surface area contributed by atoms with E-state index in [0.717, 1.165) is 5.56 Å². The molecule has 0 saturated carbocycles. The van der Waals surface area contributed by atoms with Crippen LogP contribution >= 0.6 is 0 Å². The van der Waals surface area contributed by atoms with Crippen LogP contribution in [0.15, 0.2) is 23.4 Å². The van der Waals surface area contributed by atoms with Gasteiger partial charge in [-0.15, -0.1) is 0 Å². The fourth-order valence-electron chi connectivity index (χ4n) is 1.92. The van der Waals surface area contributed by atoms with Gasteiger partial charge in [0.15, 0.2) is 0 Å². The number of rotatable bonds is 1. The van der Waals surface area contributed by atoms with E-state index in [0.29, 0.717) is 19.3 Å². The third-order valence-corrected chi connectivity index (χ3v) is 2.79. The van der Waals surface area contributed by atoms with Crippen molar-refractivity contribution in [2.45, 2.75) is 19.3 Å². The number of nitro groups is 1. The predicted octanol–water partition coefficient (Wildman–Crippen LogP) is 1.94. The summed E-state index contributed by atoms with van der Waals surface area (Å²) in [7, 11) is 0. The molecule has 1 aliphatic rings. The van der Waals surface area contributed by atoms with Crippen molar-refractivity contribution < 1.29 is 14.9 Å². The summed E-state index contributed by atoms with van der Waals surface area (Å²) in [5, 5.41) is 22.3. The molecule has 0 aliphatic heterocycles. The maximum atomic E-state index is 11.9. The van der Waals surface area contributed by atoms with Crippen LogP contribution in [0.2, 0.25) is 0 Å². The zero-order chi connectivity index (χ0) is 12.4. The monoisotopic (exact) mass is 234 g/mol. The summed E-state index contributed by atoms with van der Waals surface area (Å²) in [5.74, 6) is -0.427. The molecule has 0 heterocycles. The van der Waals surface area contributed by atoms with Crippen LogP contribution < -0.4 is 0 Å². The van der Waals surface area contributed by atoms with Crippen LogP contribution in [-0.4, -0.2) is 21.6 Å². The lowest BCUT2D eigenvalue weighted by Gasteiger charge is -2.03. The first kappa shape index (κ1) is 11.3. The Morgan fingerprint density at radius 2 is 2.12 bits per heavy atom. The molecule has 0 radical (unpaired) electrons. The molecule has 1 aliphatic carbocycles. The number of aryl methyl sites for hydroxylation is 1. The molecular formula is C11H10N2O4. The summed E-state index contributed by atoms with van der Waals surface area (Å²) < 4.78 is 0. The fraction of sp³-hybridized carbons (Fsp3) is 0.273. The first-order valence-corrected chi connectivity index (χ1v) is 5.16. The Morgan fingerprint density at radius 3 is 2.76 bits per heavy atom. The molecule has 0 aromatic heterocycles.